The van der Waals surface area contributed by atoms with E-state index in [0.29, 0.717) is 0 Å². The second-order valence-corrected chi connectivity index (χ2v) is 16.7. The standard InChI is InChI=1S/C56H43N3/c1-56(2,3)42-31-27-38(28-32-42)25-26-39-29-33-48-52(35-39)58(43-16-6-4-7-17-43)55-49-34-30-41(37-53(49)59(54(48)55)44-18-8-5-9-19-44)40-15-14-20-45(36-40)57-50-23-12-10-21-46(50)47-22-11-13-24-51(47)57/h4-37H,1-3H3. The molecule has 11 aromatic rings. The summed E-state index contributed by atoms with van der Waals surface area (Å²) in [6, 6.07) is 70.9. The molecular formula is C56H43N3. The number of hydrogen-bond acceptors (Lipinski definition) is 0. The molecule has 282 valence electrons. The van der Waals surface area contributed by atoms with E-state index in [-0.39, 0.29) is 5.41 Å². The lowest BCUT2D eigenvalue weighted by Gasteiger charge is -2.18. The number of aromatic nitrogens is 3. The van der Waals surface area contributed by atoms with Crippen LogP contribution in [0.3, 0.4) is 0 Å². The van der Waals surface area contributed by atoms with Gasteiger partial charge in [0.15, 0.2) is 0 Å². The predicted molar refractivity (Wildman–Crippen MR) is 251 cm³/mol. The molecule has 8 aromatic carbocycles. The first-order valence-corrected chi connectivity index (χ1v) is 20.5. The van der Waals surface area contributed by atoms with E-state index in [1.165, 1.54) is 76.9 Å². The molecule has 0 amide bonds. The lowest BCUT2D eigenvalue weighted by Crippen LogP contribution is -2.10. The topological polar surface area (TPSA) is 14.8 Å². The molecule has 3 heteroatoms. The fraction of sp³-hybridized carbons (Fsp3) is 0.0714. The first-order valence-electron chi connectivity index (χ1n) is 20.5. The van der Waals surface area contributed by atoms with Gasteiger partial charge in [-0.15, -0.1) is 0 Å². The van der Waals surface area contributed by atoms with Crippen LogP contribution in [0.1, 0.15) is 37.5 Å². The van der Waals surface area contributed by atoms with Gasteiger partial charge >= 0.3 is 0 Å². The van der Waals surface area contributed by atoms with E-state index in [1.807, 2.05) is 0 Å². The van der Waals surface area contributed by atoms with Crippen molar-refractivity contribution < 1.29 is 0 Å². The molecule has 0 aliphatic rings. The zero-order valence-electron chi connectivity index (χ0n) is 33.5. The van der Waals surface area contributed by atoms with Crippen LogP contribution < -0.4 is 0 Å². The third kappa shape index (κ3) is 5.81. The molecule has 3 heterocycles. The fourth-order valence-electron chi connectivity index (χ4n) is 9.09. The van der Waals surface area contributed by atoms with Gasteiger partial charge in [0.2, 0.25) is 0 Å². The summed E-state index contributed by atoms with van der Waals surface area (Å²) in [6.45, 7) is 6.78. The molecule has 0 aliphatic carbocycles. The minimum absolute atomic E-state index is 0.129. The van der Waals surface area contributed by atoms with Crippen molar-refractivity contribution in [2.75, 3.05) is 0 Å². The van der Waals surface area contributed by atoms with Crippen LogP contribution in [0.25, 0.3) is 95.0 Å². The Hall–Kier alpha value is -7.36. The Kier molecular flexibility index (Phi) is 8.06. The van der Waals surface area contributed by atoms with Gasteiger partial charge in [0.05, 0.1) is 33.1 Å². The van der Waals surface area contributed by atoms with Gasteiger partial charge in [-0.3, -0.25) is 0 Å². The SMILES string of the molecule is CC(C)(C)c1ccc(C=Cc2ccc3c(c2)n(-c2ccccc2)c2c4ccc(-c5cccc(-n6c7ccccc7c7ccccc76)c5)cc4n(-c4ccccc4)c32)cc1. The molecule has 11 rings (SSSR count). The molecule has 0 radical (unpaired) electrons. The maximum atomic E-state index is 2.47. The van der Waals surface area contributed by atoms with E-state index in [1.54, 1.807) is 0 Å². The maximum Gasteiger partial charge on any atom is 0.0803 e. The fourth-order valence-corrected chi connectivity index (χ4v) is 9.09. The van der Waals surface area contributed by atoms with Crippen LogP contribution in [0.15, 0.2) is 194 Å². The average molecular weight is 758 g/mol. The summed E-state index contributed by atoms with van der Waals surface area (Å²) in [7, 11) is 0. The van der Waals surface area contributed by atoms with Crippen molar-refractivity contribution in [1.82, 2.24) is 13.7 Å². The van der Waals surface area contributed by atoms with Crippen molar-refractivity contribution in [3.63, 3.8) is 0 Å². The third-order valence-electron chi connectivity index (χ3n) is 12.0. The van der Waals surface area contributed by atoms with E-state index in [2.05, 4.69) is 241 Å². The second kappa shape index (κ2) is 13.6. The molecule has 0 fully saturated rings. The van der Waals surface area contributed by atoms with Gasteiger partial charge in [0.1, 0.15) is 0 Å². The van der Waals surface area contributed by atoms with Gasteiger partial charge in [-0.25, -0.2) is 0 Å². The zero-order chi connectivity index (χ0) is 39.7. The first-order chi connectivity index (χ1) is 28.9. The third-order valence-corrected chi connectivity index (χ3v) is 12.0. The molecule has 0 aliphatic heterocycles. The minimum Gasteiger partial charge on any atom is -0.309 e. The Balaban J connectivity index is 1.11. The van der Waals surface area contributed by atoms with Gasteiger partial charge in [-0.1, -0.05) is 166 Å². The van der Waals surface area contributed by atoms with Gasteiger partial charge in [0.25, 0.3) is 0 Å². The van der Waals surface area contributed by atoms with E-state index >= 15 is 0 Å². The Labute approximate surface area is 344 Å². The van der Waals surface area contributed by atoms with E-state index in [4.69, 9.17) is 0 Å². The summed E-state index contributed by atoms with van der Waals surface area (Å²) in [5.74, 6) is 0. The molecule has 0 saturated heterocycles. The summed E-state index contributed by atoms with van der Waals surface area (Å²) in [4.78, 5) is 0. The maximum absolute atomic E-state index is 2.47. The Morgan fingerprint density at radius 2 is 0.831 bits per heavy atom. The van der Waals surface area contributed by atoms with Crippen LogP contribution in [0.2, 0.25) is 0 Å². The zero-order valence-corrected chi connectivity index (χ0v) is 33.5. The number of hydrogen-bond donors (Lipinski definition) is 0. The van der Waals surface area contributed by atoms with Crippen molar-refractivity contribution in [1.29, 1.82) is 0 Å². The highest BCUT2D eigenvalue weighted by Crippen LogP contribution is 2.43. The van der Waals surface area contributed by atoms with E-state index < -0.39 is 0 Å². The van der Waals surface area contributed by atoms with E-state index in [9.17, 15) is 0 Å². The van der Waals surface area contributed by atoms with Crippen LogP contribution in [0.4, 0.5) is 0 Å². The largest absolute Gasteiger partial charge is 0.309 e. The smallest absolute Gasteiger partial charge is 0.0803 e. The Morgan fingerprint density at radius 1 is 0.339 bits per heavy atom. The summed E-state index contributed by atoms with van der Waals surface area (Å²) in [5.41, 5.74) is 16.8. The van der Waals surface area contributed by atoms with Gasteiger partial charge < -0.3 is 13.7 Å². The van der Waals surface area contributed by atoms with Gasteiger partial charge in [-0.05, 0) is 93.9 Å². The molecule has 0 spiro atoms. The summed E-state index contributed by atoms with van der Waals surface area (Å²) >= 11 is 0. The highest BCUT2D eigenvalue weighted by atomic mass is 15.1. The Morgan fingerprint density at radius 3 is 1.44 bits per heavy atom. The van der Waals surface area contributed by atoms with Gasteiger partial charge in [0, 0.05) is 38.6 Å². The Bertz CT molecular complexity index is 3330. The molecular weight excluding hydrogens is 715 g/mol. The summed E-state index contributed by atoms with van der Waals surface area (Å²) in [5, 5.41) is 4.96. The monoisotopic (exact) mass is 757 g/mol. The highest BCUT2D eigenvalue weighted by molar-refractivity contribution is 6.20. The molecule has 0 saturated carbocycles. The molecule has 3 aromatic heterocycles. The number of rotatable bonds is 6. The number of para-hydroxylation sites is 4. The molecule has 0 unspecified atom stereocenters. The quantitative estimate of drug-likeness (QED) is 0.150. The number of benzene rings is 8. The van der Waals surface area contributed by atoms with Crippen LogP contribution in [0.5, 0.6) is 0 Å². The first kappa shape index (κ1) is 34.9. The molecule has 3 nitrogen and oxygen atoms in total. The normalized spacial score (nSPS) is 12.3. The lowest BCUT2D eigenvalue weighted by atomic mass is 9.87. The predicted octanol–water partition coefficient (Wildman–Crippen LogP) is 15.0. The van der Waals surface area contributed by atoms with Gasteiger partial charge in [-0.2, -0.15) is 0 Å². The average Bonchev–Trinajstić information content (AvgIpc) is 3.91. The minimum atomic E-state index is 0.129. The van der Waals surface area contributed by atoms with Crippen LogP contribution >= 0.6 is 0 Å². The van der Waals surface area contributed by atoms with Crippen molar-refractivity contribution in [2.45, 2.75) is 26.2 Å². The van der Waals surface area contributed by atoms with Crippen molar-refractivity contribution in [2.24, 2.45) is 0 Å². The van der Waals surface area contributed by atoms with Crippen molar-refractivity contribution in [3.05, 3.63) is 211 Å². The number of fused-ring (bicyclic) bond motifs is 8. The second-order valence-electron chi connectivity index (χ2n) is 16.7. The summed E-state index contributed by atoms with van der Waals surface area (Å²) < 4.78 is 7.33. The highest BCUT2D eigenvalue weighted by Gasteiger charge is 2.23. The molecule has 0 N–H and O–H groups in total. The van der Waals surface area contributed by atoms with Crippen molar-refractivity contribution in [3.8, 4) is 28.2 Å². The van der Waals surface area contributed by atoms with Crippen LogP contribution in [0, 0.1) is 0 Å². The van der Waals surface area contributed by atoms with Crippen LogP contribution in [-0.2, 0) is 5.41 Å². The molecule has 0 atom stereocenters. The number of nitrogens with zero attached hydrogens (tertiary/aromatic N) is 3. The van der Waals surface area contributed by atoms with E-state index in [0.717, 1.165) is 22.6 Å². The lowest BCUT2D eigenvalue weighted by molar-refractivity contribution is 0.590. The molecule has 59 heavy (non-hydrogen) atoms. The van der Waals surface area contributed by atoms with Crippen LogP contribution in [-0.4, -0.2) is 13.7 Å². The summed E-state index contributed by atoms with van der Waals surface area (Å²) in [6.07, 6.45) is 4.46. The van der Waals surface area contributed by atoms with Crippen molar-refractivity contribution >= 4 is 66.8 Å². The molecule has 0 bridgehead atoms.